The number of nitrogens with zero attached hydrogens (tertiary/aromatic N) is 1. The molecule has 1 aromatic heterocycles. The van der Waals surface area contributed by atoms with Crippen molar-refractivity contribution in [2.75, 3.05) is 6.61 Å². The molecule has 1 aliphatic carbocycles. The second-order valence-corrected chi connectivity index (χ2v) is 4.59. The van der Waals surface area contributed by atoms with E-state index in [1.54, 1.807) is 6.20 Å². The van der Waals surface area contributed by atoms with Gasteiger partial charge in [0, 0.05) is 12.4 Å². The van der Waals surface area contributed by atoms with E-state index >= 15 is 0 Å². The summed E-state index contributed by atoms with van der Waals surface area (Å²) < 4.78 is 5.07. The summed E-state index contributed by atoms with van der Waals surface area (Å²) in [5.41, 5.74) is 1.30. The van der Waals surface area contributed by atoms with Crippen molar-refractivity contribution >= 4 is 5.97 Å². The van der Waals surface area contributed by atoms with Gasteiger partial charge in [-0.2, -0.15) is 0 Å². The largest absolute Gasteiger partial charge is 0.466 e. The van der Waals surface area contributed by atoms with Gasteiger partial charge in [-0.3, -0.25) is 9.78 Å². The summed E-state index contributed by atoms with van der Waals surface area (Å²) >= 11 is 0. The Morgan fingerprint density at radius 1 is 1.41 bits per heavy atom. The van der Waals surface area contributed by atoms with E-state index in [1.165, 1.54) is 5.56 Å². The Labute approximate surface area is 102 Å². The Balaban J connectivity index is 1.88. The normalized spacial score (nSPS) is 24.3. The van der Waals surface area contributed by atoms with E-state index in [2.05, 4.69) is 11.1 Å². The maximum absolute atomic E-state index is 11.6. The predicted molar refractivity (Wildman–Crippen MR) is 65.6 cm³/mol. The Bertz CT molecular complexity index is 356. The van der Waals surface area contributed by atoms with Crippen molar-refractivity contribution in [3.05, 3.63) is 30.1 Å². The van der Waals surface area contributed by atoms with Crippen LogP contribution in [0.15, 0.2) is 24.5 Å². The van der Waals surface area contributed by atoms with Gasteiger partial charge >= 0.3 is 5.97 Å². The Kier molecular flexibility index (Phi) is 4.13. The summed E-state index contributed by atoms with van der Waals surface area (Å²) in [6, 6.07) is 4.11. The van der Waals surface area contributed by atoms with E-state index in [4.69, 9.17) is 4.74 Å². The molecular weight excluding hydrogens is 214 g/mol. The van der Waals surface area contributed by atoms with Crippen LogP contribution in [-0.4, -0.2) is 17.6 Å². The fourth-order valence-corrected chi connectivity index (χ4v) is 2.54. The molecule has 2 rings (SSSR count). The molecule has 0 amide bonds. The van der Waals surface area contributed by atoms with Crippen molar-refractivity contribution in [3.63, 3.8) is 0 Å². The quantitative estimate of drug-likeness (QED) is 0.753. The summed E-state index contributed by atoms with van der Waals surface area (Å²) in [5.74, 6) is 0.661. The van der Waals surface area contributed by atoms with Crippen LogP contribution < -0.4 is 0 Å². The van der Waals surface area contributed by atoms with Crippen LogP contribution in [0.5, 0.6) is 0 Å². The van der Waals surface area contributed by atoms with Crippen LogP contribution in [0.4, 0.5) is 0 Å². The second kappa shape index (κ2) is 5.80. The third-order valence-corrected chi connectivity index (χ3v) is 3.50. The van der Waals surface area contributed by atoms with Crippen LogP contribution in [0.3, 0.4) is 0 Å². The van der Waals surface area contributed by atoms with E-state index in [0.29, 0.717) is 12.5 Å². The minimum absolute atomic E-state index is 0.0165. The van der Waals surface area contributed by atoms with Crippen LogP contribution in [0.25, 0.3) is 0 Å². The highest BCUT2D eigenvalue weighted by Crippen LogP contribution is 2.35. The summed E-state index contributed by atoms with van der Waals surface area (Å²) in [4.78, 5) is 15.8. The minimum Gasteiger partial charge on any atom is -0.466 e. The van der Waals surface area contributed by atoms with Gasteiger partial charge in [0.15, 0.2) is 0 Å². The number of rotatable bonds is 3. The molecule has 92 valence electrons. The Hall–Kier alpha value is -1.38. The van der Waals surface area contributed by atoms with Crippen LogP contribution in [-0.2, 0) is 9.53 Å². The van der Waals surface area contributed by atoms with E-state index in [0.717, 1.165) is 25.7 Å². The van der Waals surface area contributed by atoms with E-state index in [1.807, 2.05) is 19.2 Å². The third kappa shape index (κ3) is 3.05. The summed E-state index contributed by atoms with van der Waals surface area (Å²) in [5, 5.41) is 0. The fraction of sp³-hybridized carbons (Fsp3) is 0.571. The molecule has 0 N–H and O–H groups in total. The lowest BCUT2D eigenvalue weighted by molar-refractivity contribution is -0.149. The van der Waals surface area contributed by atoms with Gasteiger partial charge in [0.2, 0.25) is 0 Å². The number of carbonyl (C=O) groups is 1. The summed E-state index contributed by atoms with van der Waals surface area (Å²) in [6.45, 7) is 2.35. The second-order valence-electron chi connectivity index (χ2n) is 4.59. The SMILES string of the molecule is CCOC(=O)C1CCC(c2cccnc2)CC1. The van der Waals surface area contributed by atoms with Crippen molar-refractivity contribution in [2.24, 2.45) is 5.92 Å². The standard InChI is InChI=1S/C14H19NO2/c1-2-17-14(16)12-7-5-11(6-8-12)13-4-3-9-15-10-13/h3-4,9-12H,2,5-8H2,1H3. The number of ether oxygens (including phenoxy) is 1. The monoisotopic (exact) mass is 233 g/mol. The number of hydrogen-bond donors (Lipinski definition) is 0. The molecule has 1 aliphatic rings. The molecule has 1 saturated carbocycles. The van der Waals surface area contributed by atoms with Gasteiger partial charge in [0.05, 0.1) is 12.5 Å². The highest BCUT2D eigenvalue weighted by Gasteiger charge is 2.27. The molecule has 1 fully saturated rings. The maximum Gasteiger partial charge on any atom is 0.308 e. The number of esters is 1. The number of carbonyl (C=O) groups excluding carboxylic acids is 1. The Morgan fingerprint density at radius 2 is 2.18 bits per heavy atom. The zero-order valence-corrected chi connectivity index (χ0v) is 10.3. The molecule has 17 heavy (non-hydrogen) atoms. The first-order valence-corrected chi connectivity index (χ1v) is 6.37. The lowest BCUT2D eigenvalue weighted by Gasteiger charge is -2.27. The number of hydrogen-bond acceptors (Lipinski definition) is 3. The van der Waals surface area contributed by atoms with Crippen LogP contribution in [0.1, 0.15) is 44.1 Å². The molecule has 3 nitrogen and oxygen atoms in total. The van der Waals surface area contributed by atoms with Crippen molar-refractivity contribution in [1.29, 1.82) is 0 Å². The van der Waals surface area contributed by atoms with Crippen LogP contribution in [0, 0.1) is 5.92 Å². The van der Waals surface area contributed by atoms with Crippen molar-refractivity contribution in [3.8, 4) is 0 Å². The van der Waals surface area contributed by atoms with E-state index in [9.17, 15) is 4.79 Å². The topological polar surface area (TPSA) is 39.2 Å². The molecule has 0 spiro atoms. The molecule has 1 aromatic rings. The molecule has 0 bridgehead atoms. The van der Waals surface area contributed by atoms with E-state index < -0.39 is 0 Å². The average molecular weight is 233 g/mol. The van der Waals surface area contributed by atoms with Crippen molar-refractivity contribution in [1.82, 2.24) is 4.98 Å². The lowest BCUT2D eigenvalue weighted by atomic mass is 9.79. The van der Waals surface area contributed by atoms with Gasteiger partial charge in [-0.15, -0.1) is 0 Å². The van der Waals surface area contributed by atoms with Crippen molar-refractivity contribution in [2.45, 2.75) is 38.5 Å². The zero-order valence-electron chi connectivity index (χ0n) is 10.3. The summed E-state index contributed by atoms with van der Waals surface area (Å²) in [6.07, 6.45) is 7.75. The van der Waals surface area contributed by atoms with Gasteiger partial charge in [0.25, 0.3) is 0 Å². The lowest BCUT2D eigenvalue weighted by Crippen LogP contribution is -2.23. The first kappa shape index (κ1) is 12.1. The Morgan fingerprint density at radius 3 is 2.76 bits per heavy atom. The van der Waals surface area contributed by atoms with Crippen molar-refractivity contribution < 1.29 is 9.53 Å². The molecule has 0 atom stereocenters. The molecule has 0 aliphatic heterocycles. The number of pyridine rings is 1. The van der Waals surface area contributed by atoms with Gasteiger partial charge in [0.1, 0.15) is 0 Å². The zero-order chi connectivity index (χ0) is 12.1. The molecule has 0 aromatic carbocycles. The molecule has 3 heteroatoms. The van der Waals surface area contributed by atoms with Gasteiger partial charge < -0.3 is 4.74 Å². The molecule has 0 unspecified atom stereocenters. The molecule has 0 radical (unpaired) electrons. The van der Waals surface area contributed by atoms with Gasteiger partial charge in [-0.1, -0.05) is 6.07 Å². The minimum atomic E-state index is -0.0165. The smallest absolute Gasteiger partial charge is 0.308 e. The number of aromatic nitrogens is 1. The van der Waals surface area contributed by atoms with Gasteiger partial charge in [-0.05, 0) is 50.2 Å². The first-order valence-electron chi connectivity index (χ1n) is 6.37. The summed E-state index contributed by atoms with van der Waals surface area (Å²) in [7, 11) is 0. The maximum atomic E-state index is 11.6. The average Bonchev–Trinajstić information content (AvgIpc) is 2.40. The van der Waals surface area contributed by atoms with E-state index in [-0.39, 0.29) is 11.9 Å². The predicted octanol–water partition coefficient (Wildman–Crippen LogP) is 2.92. The van der Waals surface area contributed by atoms with Crippen LogP contribution >= 0.6 is 0 Å². The third-order valence-electron chi connectivity index (χ3n) is 3.50. The molecule has 1 heterocycles. The highest BCUT2D eigenvalue weighted by atomic mass is 16.5. The fourth-order valence-electron chi connectivity index (χ4n) is 2.54. The van der Waals surface area contributed by atoms with Gasteiger partial charge in [-0.25, -0.2) is 0 Å². The first-order chi connectivity index (χ1) is 8.31. The molecular formula is C14H19NO2. The van der Waals surface area contributed by atoms with Crippen LogP contribution in [0.2, 0.25) is 0 Å². The highest BCUT2D eigenvalue weighted by molar-refractivity contribution is 5.72. The molecule has 0 saturated heterocycles.